The first kappa shape index (κ1) is 16.6. The maximum Gasteiger partial charge on any atom is 0.152 e. The molecule has 0 aromatic heterocycles. The molecule has 1 atom stereocenters. The Morgan fingerprint density at radius 2 is 1.71 bits per heavy atom. The molecule has 2 nitrogen and oxygen atoms in total. The number of hydrogen-bond donors (Lipinski definition) is 1. The molecule has 2 N–H and O–H groups in total. The lowest BCUT2D eigenvalue weighted by molar-refractivity contribution is -0.123. The summed E-state index contributed by atoms with van der Waals surface area (Å²) in [5.74, 6) is 1.15. The van der Waals surface area contributed by atoms with Crippen LogP contribution in [0.2, 0.25) is 0 Å². The van der Waals surface area contributed by atoms with Crippen LogP contribution in [0, 0.1) is 11.8 Å². The molecule has 0 spiro atoms. The van der Waals surface area contributed by atoms with Gasteiger partial charge in [0.1, 0.15) is 0 Å². The summed E-state index contributed by atoms with van der Waals surface area (Å²) in [4.78, 5) is 11.6. The second-order valence-corrected chi connectivity index (χ2v) is 5.24. The zero-order chi connectivity index (χ0) is 13.3. The van der Waals surface area contributed by atoms with Gasteiger partial charge in [-0.2, -0.15) is 0 Å². The van der Waals surface area contributed by atoms with Crippen molar-refractivity contribution in [3.05, 3.63) is 0 Å². The van der Waals surface area contributed by atoms with Crippen LogP contribution in [0.15, 0.2) is 0 Å². The van der Waals surface area contributed by atoms with E-state index in [0.717, 1.165) is 18.8 Å². The van der Waals surface area contributed by atoms with Crippen LogP contribution in [-0.2, 0) is 4.79 Å². The second-order valence-electron chi connectivity index (χ2n) is 5.24. The second kappa shape index (κ2) is 9.64. The Hall–Kier alpha value is -0.370. The lowest BCUT2D eigenvalue weighted by Gasteiger charge is -2.23. The summed E-state index contributed by atoms with van der Waals surface area (Å²) in [5.41, 5.74) is 5.89. The molecule has 0 aliphatic heterocycles. The largest absolute Gasteiger partial charge is 0.321 e. The van der Waals surface area contributed by atoms with Gasteiger partial charge in [-0.3, -0.25) is 4.79 Å². The van der Waals surface area contributed by atoms with Gasteiger partial charge in [-0.05, 0) is 18.8 Å². The summed E-state index contributed by atoms with van der Waals surface area (Å²) in [5, 5.41) is 0. The zero-order valence-electron chi connectivity index (χ0n) is 12.2. The number of rotatable bonds is 5. The van der Waals surface area contributed by atoms with E-state index in [1.54, 1.807) is 0 Å². The highest BCUT2D eigenvalue weighted by Crippen LogP contribution is 2.27. The van der Waals surface area contributed by atoms with E-state index in [0.29, 0.717) is 0 Å². The smallest absolute Gasteiger partial charge is 0.152 e. The summed E-state index contributed by atoms with van der Waals surface area (Å²) in [6.07, 6.45) is 8.88. The fraction of sp³-hybridized carbons (Fsp3) is 0.933. The normalized spacial score (nSPS) is 18.5. The molecule has 1 aliphatic rings. The number of carbonyl (C=O) groups excluding carboxylic acids is 1. The molecule has 1 saturated carbocycles. The van der Waals surface area contributed by atoms with Crippen LogP contribution in [0.1, 0.15) is 72.6 Å². The van der Waals surface area contributed by atoms with Crippen molar-refractivity contribution in [1.29, 1.82) is 0 Å². The molecular weight excluding hydrogens is 210 g/mol. The van der Waals surface area contributed by atoms with Crippen molar-refractivity contribution in [3.63, 3.8) is 0 Å². The summed E-state index contributed by atoms with van der Waals surface area (Å²) in [6, 6.07) is -0.216. The topological polar surface area (TPSA) is 43.1 Å². The highest BCUT2D eigenvalue weighted by Gasteiger charge is 2.19. The van der Waals surface area contributed by atoms with E-state index in [9.17, 15) is 4.79 Å². The molecule has 0 bridgehead atoms. The highest BCUT2D eigenvalue weighted by atomic mass is 16.1. The molecule has 0 aromatic rings. The van der Waals surface area contributed by atoms with E-state index in [4.69, 9.17) is 5.73 Å². The standard InChI is InChI=1S/C13H25NO.C2H6/c1-10(2)13(15)12(14)9-8-11-6-4-3-5-7-11;1-2/h10-12H,3-9,14H2,1-2H3;1-2H3. The molecule has 0 amide bonds. The highest BCUT2D eigenvalue weighted by molar-refractivity contribution is 5.85. The van der Waals surface area contributed by atoms with Gasteiger partial charge < -0.3 is 5.73 Å². The molecule has 0 saturated heterocycles. The molecule has 1 aliphatic carbocycles. The average molecular weight is 241 g/mol. The Morgan fingerprint density at radius 1 is 1.18 bits per heavy atom. The maximum atomic E-state index is 11.6. The maximum absolute atomic E-state index is 11.6. The van der Waals surface area contributed by atoms with Crippen LogP contribution in [0.3, 0.4) is 0 Å². The predicted octanol–water partition coefficient (Wildman–Crippen LogP) is 3.93. The number of carbonyl (C=O) groups is 1. The van der Waals surface area contributed by atoms with E-state index in [-0.39, 0.29) is 17.7 Å². The minimum atomic E-state index is -0.216. The third-order valence-corrected chi connectivity index (χ3v) is 3.55. The molecule has 1 rings (SSSR count). The SMILES string of the molecule is CC.CC(C)C(=O)C(N)CCC1CCCCC1. The van der Waals surface area contributed by atoms with Crippen LogP contribution in [0.25, 0.3) is 0 Å². The van der Waals surface area contributed by atoms with Gasteiger partial charge in [-0.25, -0.2) is 0 Å². The van der Waals surface area contributed by atoms with Gasteiger partial charge in [0.05, 0.1) is 6.04 Å². The lowest BCUT2D eigenvalue weighted by atomic mass is 9.84. The number of hydrogen-bond acceptors (Lipinski definition) is 2. The first-order chi connectivity index (χ1) is 8.11. The Morgan fingerprint density at radius 3 is 2.18 bits per heavy atom. The van der Waals surface area contributed by atoms with Crippen molar-refractivity contribution in [2.45, 2.75) is 78.7 Å². The Kier molecular flexibility index (Phi) is 9.43. The molecule has 102 valence electrons. The van der Waals surface area contributed by atoms with Crippen LogP contribution in [-0.4, -0.2) is 11.8 Å². The number of Topliss-reactive ketones (excluding diaryl/α,β-unsaturated/α-hetero) is 1. The summed E-state index contributed by atoms with van der Waals surface area (Å²) < 4.78 is 0. The quantitative estimate of drug-likeness (QED) is 0.792. The lowest BCUT2D eigenvalue weighted by Crippen LogP contribution is -2.34. The van der Waals surface area contributed by atoms with Crippen molar-refractivity contribution < 1.29 is 4.79 Å². The van der Waals surface area contributed by atoms with Crippen molar-refractivity contribution >= 4 is 5.78 Å². The first-order valence-electron chi connectivity index (χ1n) is 7.40. The predicted molar refractivity (Wildman–Crippen MR) is 75.0 cm³/mol. The van der Waals surface area contributed by atoms with Crippen LogP contribution in [0.4, 0.5) is 0 Å². The number of nitrogens with two attached hydrogens (primary N) is 1. The monoisotopic (exact) mass is 241 g/mol. The third-order valence-electron chi connectivity index (χ3n) is 3.55. The van der Waals surface area contributed by atoms with E-state index in [1.807, 2.05) is 27.7 Å². The van der Waals surface area contributed by atoms with E-state index >= 15 is 0 Å². The minimum absolute atomic E-state index is 0.0892. The summed E-state index contributed by atoms with van der Waals surface area (Å²) in [7, 11) is 0. The summed E-state index contributed by atoms with van der Waals surface area (Å²) >= 11 is 0. The van der Waals surface area contributed by atoms with Crippen LogP contribution < -0.4 is 5.73 Å². The van der Waals surface area contributed by atoms with Crippen LogP contribution in [0.5, 0.6) is 0 Å². The number of ketones is 1. The summed E-state index contributed by atoms with van der Waals surface area (Å²) in [6.45, 7) is 7.87. The van der Waals surface area contributed by atoms with Gasteiger partial charge in [0.2, 0.25) is 0 Å². The molecule has 0 radical (unpaired) electrons. The minimum Gasteiger partial charge on any atom is -0.321 e. The van der Waals surface area contributed by atoms with Crippen molar-refractivity contribution in [3.8, 4) is 0 Å². The third kappa shape index (κ3) is 6.82. The molecule has 1 unspecified atom stereocenters. The van der Waals surface area contributed by atoms with Gasteiger partial charge >= 0.3 is 0 Å². The van der Waals surface area contributed by atoms with E-state index < -0.39 is 0 Å². The van der Waals surface area contributed by atoms with Gasteiger partial charge in [0.25, 0.3) is 0 Å². The molecule has 0 heterocycles. The fourth-order valence-corrected chi connectivity index (χ4v) is 2.46. The fourth-order valence-electron chi connectivity index (χ4n) is 2.46. The Balaban J connectivity index is 0.00000121. The van der Waals surface area contributed by atoms with E-state index in [2.05, 4.69) is 0 Å². The van der Waals surface area contributed by atoms with Gasteiger partial charge in [0, 0.05) is 5.92 Å². The molecule has 17 heavy (non-hydrogen) atoms. The van der Waals surface area contributed by atoms with Crippen molar-refractivity contribution in [1.82, 2.24) is 0 Å². The van der Waals surface area contributed by atoms with Crippen molar-refractivity contribution in [2.24, 2.45) is 17.6 Å². The van der Waals surface area contributed by atoms with E-state index in [1.165, 1.54) is 32.1 Å². The molecule has 1 fully saturated rings. The average Bonchev–Trinajstić information content (AvgIpc) is 2.38. The molecular formula is C15H31NO. The van der Waals surface area contributed by atoms with Gasteiger partial charge in [-0.1, -0.05) is 59.8 Å². The van der Waals surface area contributed by atoms with Gasteiger partial charge in [-0.15, -0.1) is 0 Å². The zero-order valence-corrected chi connectivity index (χ0v) is 12.2. The molecule has 0 aromatic carbocycles. The Labute approximate surface area is 107 Å². The van der Waals surface area contributed by atoms with Crippen molar-refractivity contribution in [2.75, 3.05) is 0 Å². The first-order valence-corrected chi connectivity index (χ1v) is 7.40. The van der Waals surface area contributed by atoms with Gasteiger partial charge in [0.15, 0.2) is 5.78 Å². The molecule has 2 heteroatoms. The Bertz CT molecular complexity index is 195. The van der Waals surface area contributed by atoms with Crippen LogP contribution >= 0.6 is 0 Å².